The summed E-state index contributed by atoms with van der Waals surface area (Å²) in [7, 11) is 1.41. The number of nitro benzene ring substituents is 1. The maximum atomic E-state index is 11.8. The quantitative estimate of drug-likeness (QED) is 0.299. The van der Waals surface area contributed by atoms with E-state index in [0.29, 0.717) is 5.56 Å². The third-order valence-corrected chi connectivity index (χ3v) is 2.89. The number of carbonyl (C=O) groups excluding carboxylic acids is 1. The average Bonchev–Trinajstić information content (AvgIpc) is 2.54. The number of aromatic hydroxyl groups is 1. The molecule has 0 bridgehead atoms. The van der Waals surface area contributed by atoms with Crippen molar-refractivity contribution >= 4 is 17.7 Å². The molecule has 7 heteroatoms. The van der Waals surface area contributed by atoms with E-state index < -0.39 is 10.9 Å². The van der Waals surface area contributed by atoms with Crippen LogP contribution in [0, 0.1) is 10.1 Å². The van der Waals surface area contributed by atoms with E-state index in [4.69, 9.17) is 9.47 Å². The van der Waals surface area contributed by atoms with Gasteiger partial charge in [-0.25, -0.2) is 4.79 Å². The molecule has 0 aliphatic heterocycles. The lowest BCUT2D eigenvalue weighted by molar-refractivity contribution is -0.385. The number of phenolic OH excluding ortho intramolecular Hbond substituents is 1. The second kappa shape index (κ2) is 7.08. The molecule has 1 N–H and O–H groups in total. The molecule has 2 rings (SSSR count). The molecule has 2 aromatic rings. The van der Waals surface area contributed by atoms with Crippen molar-refractivity contribution in [2.75, 3.05) is 7.11 Å². The first-order valence-corrected chi connectivity index (χ1v) is 6.51. The van der Waals surface area contributed by atoms with Crippen LogP contribution in [0.15, 0.2) is 48.5 Å². The van der Waals surface area contributed by atoms with Crippen molar-refractivity contribution in [3.63, 3.8) is 0 Å². The van der Waals surface area contributed by atoms with Crippen LogP contribution < -0.4 is 9.47 Å². The van der Waals surface area contributed by atoms with Crippen molar-refractivity contribution < 1.29 is 24.3 Å². The van der Waals surface area contributed by atoms with E-state index in [1.807, 2.05) is 0 Å². The molecular formula is C16H13NO6. The number of para-hydroxylation sites is 2. The van der Waals surface area contributed by atoms with Crippen LogP contribution in [0.3, 0.4) is 0 Å². The van der Waals surface area contributed by atoms with E-state index in [-0.39, 0.29) is 22.9 Å². The van der Waals surface area contributed by atoms with Gasteiger partial charge in [0.15, 0.2) is 11.5 Å². The summed E-state index contributed by atoms with van der Waals surface area (Å²) in [5, 5.41) is 20.3. The predicted octanol–water partition coefficient (Wildman–Crippen LogP) is 2.93. The van der Waals surface area contributed by atoms with E-state index in [2.05, 4.69) is 0 Å². The van der Waals surface area contributed by atoms with E-state index in [1.165, 1.54) is 49.6 Å². The molecule has 0 aliphatic carbocycles. The van der Waals surface area contributed by atoms with Crippen molar-refractivity contribution in [3.05, 3.63) is 64.2 Å². The first-order chi connectivity index (χ1) is 11.0. The van der Waals surface area contributed by atoms with Crippen LogP contribution in [0.2, 0.25) is 0 Å². The van der Waals surface area contributed by atoms with Crippen molar-refractivity contribution in [1.29, 1.82) is 0 Å². The first-order valence-electron chi connectivity index (χ1n) is 6.51. The summed E-state index contributed by atoms with van der Waals surface area (Å²) in [5.41, 5.74) is 0.305. The highest BCUT2D eigenvalue weighted by molar-refractivity contribution is 5.89. The van der Waals surface area contributed by atoms with Crippen molar-refractivity contribution in [1.82, 2.24) is 0 Å². The summed E-state index contributed by atoms with van der Waals surface area (Å²) >= 11 is 0. The fraction of sp³-hybridized carbons (Fsp3) is 0.0625. The maximum Gasteiger partial charge on any atom is 0.336 e. The van der Waals surface area contributed by atoms with Crippen molar-refractivity contribution in [3.8, 4) is 17.2 Å². The van der Waals surface area contributed by atoms with Gasteiger partial charge in [-0.15, -0.1) is 0 Å². The molecule has 0 unspecified atom stereocenters. The summed E-state index contributed by atoms with van der Waals surface area (Å²) in [6.45, 7) is 0. The molecule has 0 aliphatic rings. The van der Waals surface area contributed by atoms with Gasteiger partial charge in [0.25, 0.3) is 0 Å². The van der Waals surface area contributed by atoms with Crippen LogP contribution in [-0.2, 0) is 4.79 Å². The predicted molar refractivity (Wildman–Crippen MR) is 82.4 cm³/mol. The lowest BCUT2D eigenvalue weighted by Gasteiger charge is -2.04. The lowest BCUT2D eigenvalue weighted by Crippen LogP contribution is -2.05. The summed E-state index contributed by atoms with van der Waals surface area (Å²) < 4.78 is 9.92. The van der Waals surface area contributed by atoms with Gasteiger partial charge < -0.3 is 14.6 Å². The Balaban J connectivity index is 2.12. The summed E-state index contributed by atoms with van der Waals surface area (Å²) in [6, 6.07) is 10.1. The normalized spacial score (nSPS) is 10.5. The van der Waals surface area contributed by atoms with Crippen LogP contribution in [0.5, 0.6) is 17.2 Å². The van der Waals surface area contributed by atoms with Gasteiger partial charge in [-0.1, -0.05) is 18.2 Å². The summed E-state index contributed by atoms with van der Waals surface area (Å²) in [6.07, 6.45) is 2.57. The van der Waals surface area contributed by atoms with Gasteiger partial charge in [0.2, 0.25) is 5.75 Å². The number of nitro groups is 1. The Hall–Kier alpha value is -3.35. The summed E-state index contributed by atoms with van der Waals surface area (Å²) in [5.74, 6) is -0.645. The third-order valence-electron chi connectivity index (χ3n) is 2.89. The molecule has 2 aromatic carbocycles. The van der Waals surface area contributed by atoms with E-state index >= 15 is 0 Å². The van der Waals surface area contributed by atoms with E-state index in [0.717, 1.165) is 6.08 Å². The lowest BCUT2D eigenvalue weighted by atomic mass is 10.2. The van der Waals surface area contributed by atoms with Gasteiger partial charge >= 0.3 is 11.7 Å². The maximum absolute atomic E-state index is 11.8. The largest absolute Gasteiger partial charge is 0.504 e. The molecular weight excluding hydrogens is 302 g/mol. The number of carbonyl (C=O) groups is 1. The smallest absolute Gasteiger partial charge is 0.336 e. The highest BCUT2D eigenvalue weighted by atomic mass is 16.6. The van der Waals surface area contributed by atoms with Crippen LogP contribution in [0.25, 0.3) is 6.08 Å². The molecule has 7 nitrogen and oxygen atoms in total. The Morgan fingerprint density at radius 1 is 1.22 bits per heavy atom. The minimum atomic E-state index is -0.758. The van der Waals surface area contributed by atoms with E-state index in [1.54, 1.807) is 6.07 Å². The van der Waals surface area contributed by atoms with Gasteiger partial charge in [-0.3, -0.25) is 10.1 Å². The van der Waals surface area contributed by atoms with Gasteiger partial charge in [0.1, 0.15) is 0 Å². The zero-order valence-electron chi connectivity index (χ0n) is 12.1. The minimum absolute atomic E-state index is 0.0212. The third kappa shape index (κ3) is 4.07. The van der Waals surface area contributed by atoms with Crippen molar-refractivity contribution in [2.24, 2.45) is 0 Å². The van der Waals surface area contributed by atoms with Gasteiger partial charge in [-0.2, -0.15) is 0 Å². The van der Waals surface area contributed by atoms with Gasteiger partial charge in [0, 0.05) is 12.1 Å². The Morgan fingerprint density at radius 2 is 1.96 bits per heavy atom. The van der Waals surface area contributed by atoms with Gasteiger partial charge in [-0.05, 0) is 29.8 Å². The number of rotatable bonds is 5. The topological polar surface area (TPSA) is 98.9 Å². The average molecular weight is 315 g/mol. The minimum Gasteiger partial charge on any atom is -0.504 e. The number of nitrogens with zero attached hydrogens (tertiary/aromatic N) is 1. The zero-order chi connectivity index (χ0) is 16.8. The molecule has 0 fully saturated rings. The first kappa shape index (κ1) is 16.0. The highest BCUT2D eigenvalue weighted by Gasteiger charge is 2.15. The SMILES string of the molecule is COc1cc(C=CC(=O)Oc2ccccc2[N+](=O)[O-])ccc1O. The summed E-state index contributed by atoms with van der Waals surface area (Å²) in [4.78, 5) is 22.0. The van der Waals surface area contributed by atoms with Crippen molar-refractivity contribution in [2.45, 2.75) is 0 Å². The van der Waals surface area contributed by atoms with Crippen LogP contribution in [0.4, 0.5) is 5.69 Å². The van der Waals surface area contributed by atoms with E-state index in [9.17, 15) is 20.0 Å². The molecule has 0 radical (unpaired) electrons. The number of benzene rings is 2. The monoisotopic (exact) mass is 315 g/mol. The molecule has 0 saturated carbocycles. The van der Waals surface area contributed by atoms with Gasteiger partial charge in [0.05, 0.1) is 12.0 Å². The molecule has 118 valence electrons. The molecule has 0 saturated heterocycles. The molecule has 0 atom stereocenters. The van der Waals surface area contributed by atoms with Crippen LogP contribution in [-0.4, -0.2) is 23.1 Å². The second-order valence-corrected chi connectivity index (χ2v) is 4.41. The number of hydrogen-bond acceptors (Lipinski definition) is 6. The molecule has 0 spiro atoms. The number of ether oxygens (including phenoxy) is 2. The Bertz CT molecular complexity index is 769. The molecule has 0 amide bonds. The number of esters is 1. The molecule has 23 heavy (non-hydrogen) atoms. The van der Waals surface area contributed by atoms with Crippen LogP contribution >= 0.6 is 0 Å². The Kier molecular flexibility index (Phi) is 4.93. The zero-order valence-corrected chi connectivity index (χ0v) is 12.1. The fourth-order valence-electron chi connectivity index (χ4n) is 1.80. The molecule has 0 aromatic heterocycles. The fourth-order valence-corrected chi connectivity index (χ4v) is 1.80. The molecule has 0 heterocycles. The number of phenols is 1. The number of hydrogen-bond donors (Lipinski definition) is 1. The van der Waals surface area contributed by atoms with Crippen LogP contribution in [0.1, 0.15) is 5.56 Å². The highest BCUT2D eigenvalue weighted by Crippen LogP contribution is 2.27. The second-order valence-electron chi connectivity index (χ2n) is 4.41. The Morgan fingerprint density at radius 3 is 2.65 bits per heavy atom. The number of methoxy groups -OCH3 is 1. The standard InChI is InChI=1S/C16H13NO6/c1-22-15-10-11(6-8-13(15)18)7-9-16(19)23-14-5-3-2-4-12(14)17(20)21/h2-10,18H,1H3. The Labute approximate surface area is 131 Å².